The first-order chi connectivity index (χ1) is 7.15. The van der Waals surface area contributed by atoms with E-state index in [2.05, 4.69) is 19.2 Å². The Labute approximate surface area is 91.3 Å². The number of nitrogens with one attached hydrogen (secondary N) is 1. The molecule has 0 heterocycles. The predicted octanol–water partition coefficient (Wildman–Crippen LogP) is 1.38. The number of nitrogens with two attached hydrogens (primary N) is 1. The Balaban J connectivity index is 2.53. The van der Waals surface area contributed by atoms with Gasteiger partial charge in [-0.3, -0.25) is 0 Å². The fourth-order valence-corrected chi connectivity index (χ4v) is 1.45. The molecule has 3 heteroatoms. The SMILES string of the molecule is CC(C)C(CO)NCc1ccccc1N. The number of benzene rings is 1. The van der Waals surface area contributed by atoms with Gasteiger partial charge in [0.2, 0.25) is 0 Å². The minimum absolute atomic E-state index is 0.129. The lowest BCUT2D eigenvalue weighted by molar-refractivity contribution is 0.210. The summed E-state index contributed by atoms with van der Waals surface area (Å²) in [5.74, 6) is 0.417. The van der Waals surface area contributed by atoms with Gasteiger partial charge in [0.1, 0.15) is 0 Å². The second-order valence-corrected chi connectivity index (χ2v) is 4.11. The van der Waals surface area contributed by atoms with Crippen LogP contribution in [0.3, 0.4) is 0 Å². The van der Waals surface area contributed by atoms with E-state index in [1.165, 1.54) is 0 Å². The molecule has 0 saturated heterocycles. The number of aliphatic hydroxyl groups excluding tert-OH is 1. The maximum Gasteiger partial charge on any atom is 0.0587 e. The first-order valence-corrected chi connectivity index (χ1v) is 5.32. The maximum atomic E-state index is 9.15. The van der Waals surface area contributed by atoms with Crippen molar-refractivity contribution in [1.82, 2.24) is 5.32 Å². The van der Waals surface area contributed by atoms with Gasteiger partial charge in [-0.15, -0.1) is 0 Å². The van der Waals surface area contributed by atoms with E-state index in [0.29, 0.717) is 12.5 Å². The van der Waals surface area contributed by atoms with Crippen LogP contribution in [-0.2, 0) is 6.54 Å². The molecule has 15 heavy (non-hydrogen) atoms. The number of nitrogen functional groups attached to an aromatic ring is 1. The van der Waals surface area contributed by atoms with Gasteiger partial charge in [0.05, 0.1) is 6.61 Å². The Morgan fingerprint density at radius 2 is 2.00 bits per heavy atom. The van der Waals surface area contributed by atoms with Crippen molar-refractivity contribution in [3.05, 3.63) is 29.8 Å². The Kier molecular flexibility index (Phi) is 4.59. The number of hydrogen-bond acceptors (Lipinski definition) is 3. The number of rotatable bonds is 5. The van der Waals surface area contributed by atoms with Crippen molar-refractivity contribution < 1.29 is 5.11 Å². The molecule has 1 aromatic carbocycles. The third kappa shape index (κ3) is 3.53. The summed E-state index contributed by atoms with van der Waals surface area (Å²) in [5, 5.41) is 12.4. The monoisotopic (exact) mass is 208 g/mol. The highest BCUT2D eigenvalue weighted by Crippen LogP contribution is 2.11. The zero-order valence-electron chi connectivity index (χ0n) is 9.40. The summed E-state index contributed by atoms with van der Waals surface area (Å²) >= 11 is 0. The van der Waals surface area contributed by atoms with Crippen molar-refractivity contribution in [1.29, 1.82) is 0 Å². The van der Waals surface area contributed by atoms with Crippen LogP contribution in [-0.4, -0.2) is 17.8 Å². The molecule has 1 aromatic rings. The fraction of sp³-hybridized carbons (Fsp3) is 0.500. The third-order valence-electron chi connectivity index (χ3n) is 2.61. The van der Waals surface area contributed by atoms with Crippen LogP contribution in [0.15, 0.2) is 24.3 Å². The molecule has 0 aromatic heterocycles. The van der Waals surface area contributed by atoms with Crippen LogP contribution in [0.1, 0.15) is 19.4 Å². The highest BCUT2D eigenvalue weighted by Gasteiger charge is 2.11. The normalized spacial score (nSPS) is 13.1. The minimum atomic E-state index is 0.129. The summed E-state index contributed by atoms with van der Waals surface area (Å²) in [6.07, 6.45) is 0. The van der Waals surface area contributed by atoms with Crippen molar-refractivity contribution in [3.63, 3.8) is 0 Å². The van der Waals surface area contributed by atoms with E-state index >= 15 is 0 Å². The highest BCUT2D eigenvalue weighted by molar-refractivity contribution is 5.46. The van der Waals surface area contributed by atoms with Gasteiger partial charge in [0.25, 0.3) is 0 Å². The number of para-hydroxylation sites is 1. The van der Waals surface area contributed by atoms with Crippen molar-refractivity contribution in [2.75, 3.05) is 12.3 Å². The molecule has 0 amide bonds. The summed E-state index contributed by atoms with van der Waals surface area (Å²) in [4.78, 5) is 0. The summed E-state index contributed by atoms with van der Waals surface area (Å²) in [5.41, 5.74) is 7.70. The van der Waals surface area contributed by atoms with E-state index < -0.39 is 0 Å². The molecule has 0 saturated carbocycles. The van der Waals surface area contributed by atoms with E-state index in [9.17, 15) is 0 Å². The first kappa shape index (κ1) is 12.0. The van der Waals surface area contributed by atoms with Crippen LogP contribution in [0.4, 0.5) is 5.69 Å². The number of anilines is 1. The van der Waals surface area contributed by atoms with Gasteiger partial charge in [-0.05, 0) is 17.5 Å². The molecule has 0 spiro atoms. The van der Waals surface area contributed by atoms with E-state index in [-0.39, 0.29) is 12.6 Å². The molecular formula is C12H20N2O. The summed E-state index contributed by atoms with van der Waals surface area (Å²) in [7, 11) is 0. The van der Waals surface area contributed by atoms with Crippen LogP contribution in [0.25, 0.3) is 0 Å². The van der Waals surface area contributed by atoms with Crippen LogP contribution in [0.2, 0.25) is 0 Å². The van der Waals surface area contributed by atoms with Gasteiger partial charge in [0, 0.05) is 18.3 Å². The van der Waals surface area contributed by atoms with Gasteiger partial charge < -0.3 is 16.2 Å². The molecule has 0 fully saturated rings. The van der Waals surface area contributed by atoms with Gasteiger partial charge in [-0.25, -0.2) is 0 Å². The summed E-state index contributed by atoms with van der Waals surface area (Å²) < 4.78 is 0. The Hall–Kier alpha value is -1.06. The van der Waals surface area contributed by atoms with Gasteiger partial charge in [-0.1, -0.05) is 32.0 Å². The molecule has 84 valence electrons. The van der Waals surface area contributed by atoms with Crippen LogP contribution < -0.4 is 11.1 Å². The third-order valence-corrected chi connectivity index (χ3v) is 2.61. The average molecular weight is 208 g/mol. The standard InChI is InChI=1S/C12H20N2O/c1-9(2)12(8-15)14-7-10-5-3-4-6-11(10)13/h3-6,9,12,14-15H,7-8,13H2,1-2H3. The predicted molar refractivity (Wildman–Crippen MR) is 63.4 cm³/mol. The van der Waals surface area contributed by atoms with Crippen molar-refractivity contribution in [2.45, 2.75) is 26.4 Å². The van der Waals surface area contributed by atoms with E-state index in [0.717, 1.165) is 11.3 Å². The van der Waals surface area contributed by atoms with Crippen molar-refractivity contribution >= 4 is 5.69 Å². The summed E-state index contributed by atoms with van der Waals surface area (Å²) in [6.45, 7) is 5.03. The van der Waals surface area contributed by atoms with Crippen LogP contribution in [0.5, 0.6) is 0 Å². The van der Waals surface area contributed by atoms with Crippen LogP contribution >= 0.6 is 0 Å². The Bertz CT molecular complexity index is 299. The summed E-state index contributed by atoms with van der Waals surface area (Å²) in [6, 6.07) is 7.91. The maximum absolute atomic E-state index is 9.15. The molecule has 0 aliphatic heterocycles. The Morgan fingerprint density at radius 1 is 1.33 bits per heavy atom. The van der Waals surface area contributed by atoms with E-state index in [1.807, 2.05) is 24.3 Å². The molecule has 1 unspecified atom stereocenters. The fourth-order valence-electron chi connectivity index (χ4n) is 1.45. The molecule has 0 aliphatic rings. The topological polar surface area (TPSA) is 58.3 Å². The minimum Gasteiger partial charge on any atom is -0.398 e. The quantitative estimate of drug-likeness (QED) is 0.641. The molecule has 3 nitrogen and oxygen atoms in total. The molecule has 0 aliphatic carbocycles. The smallest absolute Gasteiger partial charge is 0.0587 e. The second-order valence-electron chi connectivity index (χ2n) is 4.11. The molecule has 0 radical (unpaired) electrons. The highest BCUT2D eigenvalue weighted by atomic mass is 16.3. The number of aliphatic hydroxyl groups is 1. The zero-order chi connectivity index (χ0) is 11.3. The van der Waals surface area contributed by atoms with E-state index in [1.54, 1.807) is 0 Å². The van der Waals surface area contributed by atoms with Crippen molar-refractivity contribution in [3.8, 4) is 0 Å². The molecule has 4 N–H and O–H groups in total. The largest absolute Gasteiger partial charge is 0.398 e. The number of hydrogen-bond donors (Lipinski definition) is 3. The van der Waals surface area contributed by atoms with Gasteiger partial charge >= 0.3 is 0 Å². The molecular weight excluding hydrogens is 188 g/mol. The zero-order valence-corrected chi connectivity index (χ0v) is 9.40. The molecule has 1 rings (SSSR count). The lowest BCUT2D eigenvalue weighted by atomic mass is 10.0. The lowest BCUT2D eigenvalue weighted by Crippen LogP contribution is -2.36. The second kappa shape index (κ2) is 5.73. The lowest BCUT2D eigenvalue weighted by Gasteiger charge is -2.20. The Morgan fingerprint density at radius 3 is 2.53 bits per heavy atom. The van der Waals surface area contributed by atoms with Gasteiger partial charge in [-0.2, -0.15) is 0 Å². The van der Waals surface area contributed by atoms with Crippen molar-refractivity contribution in [2.24, 2.45) is 5.92 Å². The average Bonchev–Trinajstić information content (AvgIpc) is 2.21. The van der Waals surface area contributed by atoms with E-state index in [4.69, 9.17) is 10.8 Å². The van der Waals surface area contributed by atoms with Crippen LogP contribution in [0, 0.1) is 5.92 Å². The molecule has 0 bridgehead atoms. The molecule has 1 atom stereocenters. The van der Waals surface area contributed by atoms with Gasteiger partial charge in [0.15, 0.2) is 0 Å². The first-order valence-electron chi connectivity index (χ1n) is 5.32.